The molecule has 0 radical (unpaired) electrons. The minimum Gasteiger partial charge on any atom is -0.330 e. The Morgan fingerprint density at radius 2 is 1.75 bits per heavy atom. The first-order valence-corrected chi connectivity index (χ1v) is 8.45. The molecule has 1 aromatic rings. The quantitative estimate of drug-likeness (QED) is 0.835. The highest BCUT2D eigenvalue weighted by atomic mass is 35.5. The van der Waals surface area contributed by atoms with Crippen molar-refractivity contribution in [1.82, 2.24) is 0 Å². The zero-order chi connectivity index (χ0) is 14.0. The molecule has 4 aliphatic carbocycles. The Balaban J connectivity index is 1.78. The summed E-state index contributed by atoms with van der Waals surface area (Å²) in [5.74, 6) is 1.74. The third-order valence-electron chi connectivity index (χ3n) is 6.15. The highest BCUT2D eigenvalue weighted by Gasteiger charge is 2.57. The molecule has 0 heterocycles. The van der Waals surface area contributed by atoms with Gasteiger partial charge in [0.05, 0.1) is 10.0 Å². The second-order valence-electron chi connectivity index (χ2n) is 7.57. The van der Waals surface area contributed by atoms with E-state index < -0.39 is 0 Å². The molecule has 4 bridgehead atoms. The SMILES string of the molecule is NCC12C[C@H]3C[C@@H](C1)CC(c1ccc(Cl)c(Cl)c1)(C3)C2. The Morgan fingerprint density at radius 1 is 1.05 bits per heavy atom. The number of benzene rings is 1. The number of hydrogen-bond donors (Lipinski definition) is 1. The van der Waals surface area contributed by atoms with Crippen molar-refractivity contribution in [2.45, 2.75) is 43.9 Å². The molecule has 1 aromatic carbocycles. The molecular weight excluding hydrogens is 289 g/mol. The molecule has 4 fully saturated rings. The second-order valence-corrected chi connectivity index (χ2v) is 8.39. The van der Waals surface area contributed by atoms with E-state index in [-0.39, 0.29) is 0 Å². The summed E-state index contributed by atoms with van der Waals surface area (Å²) >= 11 is 12.4. The van der Waals surface area contributed by atoms with Crippen LogP contribution in [-0.2, 0) is 5.41 Å². The highest BCUT2D eigenvalue weighted by molar-refractivity contribution is 6.42. The molecule has 1 nitrogen and oxygen atoms in total. The lowest BCUT2D eigenvalue weighted by atomic mass is 9.43. The molecule has 0 amide bonds. The Hall–Kier alpha value is -0.240. The van der Waals surface area contributed by atoms with Gasteiger partial charge in [-0.3, -0.25) is 0 Å². The standard InChI is InChI=1S/C17H21Cl2N/c18-14-2-1-13(4-15(14)19)17-7-11-3-12(8-17)6-16(5-11,9-17)10-20/h1-2,4,11-12H,3,5-10,20H2/t11-,12+,16?,17?. The van der Waals surface area contributed by atoms with Crippen molar-refractivity contribution in [3.63, 3.8) is 0 Å². The molecule has 4 saturated carbocycles. The maximum absolute atomic E-state index is 6.27. The average Bonchev–Trinajstić information content (AvgIpc) is 2.40. The topological polar surface area (TPSA) is 26.0 Å². The van der Waals surface area contributed by atoms with Crippen molar-refractivity contribution in [1.29, 1.82) is 0 Å². The third-order valence-corrected chi connectivity index (χ3v) is 6.89. The number of halogens is 2. The van der Waals surface area contributed by atoms with Crippen LogP contribution in [0.5, 0.6) is 0 Å². The maximum Gasteiger partial charge on any atom is 0.0595 e. The van der Waals surface area contributed by atoms with Gasteiger partial charge >= 0.3 is 0 Å². The second kappa shape index (κ2) is 4.38. The number of rotatable bonds is 2. The number of hydrogen-bond acceptors (Lipinski definition) is 1. The van der Waals surface area contributed by atoms with Crippen LogP contribution in [0, 0.1) is 17.3 Å². The molecule has 0 saturated heterocycles. The summed E-state index contributed by atoms with van der Waals surface area (Å²) in [4.78, 5) is 0. The molecule has 4 atom stereocenters. The fourth-order valence-electron chi connectivity index (χ4n) is 5.85. The fourth-order valence-corrected chi connectivity index (χ4v) is 6.15. The molecule has 108 valence electrons. The minimum atomic E-state index is 0.317. The monoisotopic (exact) mass is 309 g/mol. The lowest BCUT2D eigenvalue weighted by Gasteiger charge is -2.62. The van der Waals surface area contributed by atoms with Crippen LogP contribution in [0.3, 0.4) is 0 Å². The summed E-state index contributed by atoms with van der Waals surface area (Å²) < 4.78 is 0. The van der Waals surface area contributed by atoms with E-state index in [2.05, 4.69) is 12.1 Å². The molecule has 0 spiro atoms. The van der Waals surface area contributed by atoms with Gasteiger partial charge in [-0.05, 0) is 85.4 Å². The predicted octanol–water partition coefficient (Wildman–Crippen LogP) is 4.79. The van der Waals surface area contributed by atoms with Gasteiger partial charge in [0.2, 0.25) is 0 Å². The van der Waals surface area contributed by atoms with E-state index in [0.29, 0.717) is 20.9 Å². The molecule has 5 rings (SSSR count). The molecule has 4 aliphatic rings. The normalized spacial score (nSPS) is 42.1. The summed E-state index contributed by atoms with van der Waals surface area (Å²) in [6, 6.07) is 6.28. The van der Waals surface area contributed by atoms with Crippen molar-refractivity contribution in [2.75, 3.05) is 6.54 Å². The Kier molecular flexibility index (Phi) is 2.94. The van der Waals surface area contributed by atoms with Gasteiger partial charge in [-0.15, -0.1) is 0 Å². The van der Waals surface area contributed by atoms with Crippen LogP contribution in [-0.4, -0.2) is 6.54 Å². The minimum absolute atomic E-state index is 0.317. The van der Waals surface area contributed by atoms with Crippen LogP contribution in [0.25, 0.3) is 0 Å². The first-order valence-electron chi connectivity index (χ1n) is 7.70. The molecule has 20 heavy (non-hydrogen) atoms. The lowest BCUT2D eigenvalue weighted by molar-refractivity contribution is -0.0666. The Morgan fingerprint density at radius 3 is 2.35 bits per heavy atom. The van der Waals surface area contributed by atoms with E-state index >= 15 is 0 Å². The van der Waals surface area contributed by atoms with Gasteiger partial charge < -0.3 is 5.73 Å². The highest BCUT2D eigenvalue weighted by Crippen LogP contribution is 2.65. The Labute approximate surface area is 130 Å². The largest absolute Gasteiger partial charge is 0.330 e. The van der Waals surface area contributed by atoms with Gasteiger partial charge in [0.1, 0.15) is 0 Å². The fraction of sp³-hybridized carbons (Fsp3) is 0.647. The Bertz CT molecular complexity index is 540. The van der Waals surface area contributed by atoms with E-state index in [9.17, 15) is 0 Å². The molecule has 0 aromatic heterocycles. The van der Waals surface area contributed by atoms with Crippen molar-refractivity contribution in [3.05, 3.63) is 33.8 Å². The molecular formula is C17H21Cl2N. The van der Waals surface area contributed by atoms with Gasteiger partial charge in [0.25, 0.3) is 0 Å². The van der Waals surface area contributed by atoms with E-state index in [0.717, 1.165) is 18.4 Å². The van der Waals surface area contributed by atoms with Gasteiger partial charge in [0.15, 0.2) is 0 Å². The van der Waals surface area contributed by atoms with Crippen LogP contribution in [0.2, 0.25) is 10.0 Å². The van der Waals surface area contributed by atoms with Crippen LogP contribution < -0.4 is 5.73 Å². The van der Waals surface area contributed by atoms with Gasteiger partial charge in [-0.1, -0.05) is 29.3 Å². The molecule has 2 unspecified atom stereocenters. The zero-order valence-corrected chi connectivity index (χ0v) is 13.2. The van der Waals surface area contributed by atoms with Gasteiger partial charge in [0, 0.05) is 0 Å². The third kappa shape index (κ3) is 1.86. The maximum atomic E-state index is 6.27. The van der Waals surface area contributed by atoms with E-state index in [1.165, 1.54) is 44.1 Å². The van der Waals surface area contributed by atoms with Crippen LogP contribution in [0.15, 0.2) is 18.2 Å². The van der Waals surface area contributed by atoms with E-state index in [4.69, 9.17) is 28.9 Å². The van der Waals surface area contributed by atoms with Crippen molar-refractivity contribution in [3.8, 4) is 0 Å². The van der Waals surface area contributed by atoms with E-state index in [1.54, 1.807) is 0 Å². The van der Waals surface area contributed by atoms with E-state index in [1.807, 2.05) is 6.07 Å². The summed E-state index contributed by atoms with van der Waals surface area (Å²) in [7, 11) is 0. The summed E-state index contributed by atoms with van der Waals surface area (Å²) in [6.07, 6.45) is 8.02. The van der Waals surface area contributed by atoms with Gasteiger partial charge in [-0.2, -0.15) is 0 Å². The smallest absolute Gasteiger partial charge is 0.0595 e. The first-order chi connectivity index (χ1) is 9.54. The van der Waals surface area contributed by atoms with Crippen LogP contribution >= 0.6 is 23.2 Å². The number of nitrogens with two attached hydrogens (primary N) is 1. The van der Waals surface area contributed by atoms with Crippen LogP contribution in [0.4, 0.5) is 0 Å². The zero-order valence-electron chi connectivity index (χ0n) is 11.7. The molecule has 0 aliphatic heterocycles. The molecule has 3 heteroatoms. The average molecular weight is 310 g/mol. The summed E-state index contributed by atoms with van der Waals surface area (Å²) in [5, 5.41) is 1.36. The predicted molar refractivity (Wildman–Crippen MR) is 84.3 cm³/mol. The first kappa shape index (κ1) is 13.4. The van der Waals surface area contributed by atoms with Crippen molar-refractivity contribution < 1.29 is 0 Å². The summed E-state index contributed by atoms with van der Waals surface area (Å²) in [5.41, 5.74) is 8.29. The molecule has 2 N–H and O–H groups in total. The summed E-state index contributed by atoms with van der Waals surface area (Å²) in [6.45, 7) is 0.850. The van der Waals surface area contributed by atoms with Crippen LogP contribution in [0.1, 0.15) is 44.1 Å². The van der Waals surface area contributed by atoms with Crippen molar-refractivity contribution in [2.24, 2.45) is 23.0 Å². The van der Waals surface area contributed by atoms with Gasteiger partial charge in [-0.25, -0.2) is 0 Å². The van der Waals surface area contributed by atoms with Crippen molar-refractivity contribution >= 4 is 23.2 Å². The lowest BCUT2D eigenvalue weighted by Crippen LogP contribution is -2.56.